The van der Waals surface area contributed by atoms with Gasteiger partial charge in [-0.25, -0.2) is 15.0 Å². The minimum atomic E-state index is -0.297. The van der Waals surface area contributed by atoms with Crippen molar-refractivity contribution in [1.29, 1.82) is 0 Å². The molecular weight excluding hydrogens is 546 g/mol. The molecule has 8 aromatic rings. The van der Waals surface area contributed by atoms with E-state index in [1.165, 1.54) is 4.40 Å². The molecule has 5 aromatic carbocycles. The lowest BCUT2D eigenvalue weighted by molar-refractivity contribution is 1.01. The second-order valence-electron chi connectivity index (χ2n) is 10.5. The van der Waals surface area contributed by atoms with Crippen molar-refractivity contribution in [2.75, 3.05) is 0 Å². The molecule has 8 rings (SSSR count). The molecule has 3 aromatic heterocycles. The van der Waals surface area contributed by atoms with Crippen LogP contribution in [0.25, 0.3) is 67.2 Å². The molecule has 3 heterocycles. The van der Waals surface area contributed by atoms with Crippen LogP contribution in [0.1, 0.15) is 0 Å². The van der Waals surface area contributed by atoms with Crippen molar-refractivity contribution < 1.29 is 0 Å². The molecule has 44 heavy (non-hydrogen) atoms. The third-order valence-corrected chi connectivity index (χ3v) is 7.78. The number of hydrogen-bond donors (Lipinski definition) is 0. The smallest absolute Gasteiger partial charge is 0.274 e. The van der Waals surface area contributed by atoms with Crippen molar-refractivity contribution in [2.45, 2.75) is 0 Å². The Kier molecular flexibility index (Phi) is 5.94. The second kappa shape index (κ2) is 10.3. The van der Waals surface area contributed by atoms with Gasteiger partial charge in [0.1, 0.15) is 5.52 Å². The summed E-state index contributed by atoms with van der Waals surface area (Å²) in [4.78, 5) is 42.4. The van der Waals surface area contributed by atoms with E-state index in [0.29, 0.717) is 45.1 Å². The summed E-state index contributed by atoms with van der Waals surface area (Å²) in [6.45, 7) is 0. The highest BCUT2D eigenvalue weighted by Gasteiger charge is 2.17. The predicted octanol–water partition coefficient (Wildman–Crippen LogP) is 6.94. The maximum Gasteiger partial charge on any atom is 0.280 e. The zero-order valence-electron chi connectivity index (χ0n) is 23.3. The number of hydrogen-bond acceptors (Lipinski definition) is 5. The lowest BCUT2D eigenvalue weighted by atomic mass is 10.1. The Morgan fingerprint density at radius 2 is 0.977 bits per heavy atom. The van der Waals surface area contributed by atoms with Crippen LogP contribution in [0.15, 0.2) is 149 Å². The first-order valence-electron chi connectivity index (χ1n) is 14.2. The summed E-state index contributed by atoms with van der Waals surface area (Å²) in [5.74, 6) is 1.60. The van der Waals surface area contributed by atoms with Crippen LogP contribution in [-0.4, -0.2) is 23.9 Å². The highest BCUT2D eigenvalue weighted by atomic mass is 16.1. The first-order chi connectivity index (χ1) is 21.7. The Morgan fingerprint density at radius 1 is 0.432 bits per heavy atom. The van der Waals surface area contributed by atoms with E-state index in [4.69, 9.17) is 15.0 Å². The van der Waals surface area contributed by atoms with Crippen LogP contribution < -0.4 is 11.1 Å². The Morgan fingerprint density at radius 3 is 1.66 bits per heavy atom. The van der Waals surface area contributed by atoms with Crippen molar-refractivity contribution in [1.82, 2.24) is 23.9 Å². The van der Waals surface area contributed by atoms with Crippen molar-refractivity contribution in [2.24, 2.45) is 0 Å². The number of fused-ring (bicyclic) bond motifs is 4. The molecule has 0 aliphatic rings. The number of rotatable bonds is 4. The summed E-state index contributed by atoms with van der Waals surface area (Å²) >= 11 is 0. The third-order valence-electron chi connectivity index (χ3n) is 7.78. The standard InChI is InChI=1S/C37H23N5O2/c43-36-29-19-8-7-16-26(29)23-32-37(44)41(30-20-9-10-21-31(30)42(32)36)28-18-11-17-27(22-28)35-39-33(24-12-3-1-4-13-24)38-34(40-35)25-14-5-2-6-15-25/h1-23H. The fourth-order valence-electron chi connectivity index (χ4n) is 5.70. The van der Waals surface area contributed by atoms with Crippen molar-refractivity contribution >= 4 is 27.3 Å². The minimum Gasteiger partial charge on any atom is -0.274 e. The highest BCUT2D eigenvalue weighted by Crippen LogP contribution is 2.27. The van der Waals surface area contributed by atoms with Gasteiger partial charge in [-0.3, -0.25) is 18.6 Å². The van der Waals surface area contributed by atoms with Gasteiger partial charge in [-0.1, -0.05) is 103 Å². The van der Waals surface area contributed by atoms with E-state index in [1.54, 1.807) is 16.7 Å². The van der Waals surface area contributed by atoms with E-state index in [-0.39, 0.29) is 11.1 Å². The monoisotopic (exact) mass is 569 g/mol. The minimum absolute atomic E-state index is 0.223. The fraction of sp³-hybridized carbons (Fsp3) is 0. The van der Waals surface area contributed by atoms with Crippen LogP contribution in [0.2, 0.25) is 0 Å². The number of pyridine rings is 1. The van der Waals surface area contributed by atoms with Gasteiger partial charge in [0.15, 0.2) is 17.5 Å². The van der Waals surface area contributed by atoms with E-state index in [9.17, 15) is 9.59 Å². The van der Waals surface area contributed by atoms with Crippen LogP contribution >= 0.6 is 0 Å². The van der Waals surface area contributed by atoms with Gasteiger partial charge in [0.2, 0.25) is 0 Å². The maximum atomic E-state index is 14.2. The number of aromatic nitrogens is 5. The largest absolute Gasteiger partial charge is 0.280 e. The zero-order chi connectivity index (χ0) is 29.6. The van der Waals surface area contributed by atoms with Crippen molar-refractivity contribution in [3.63, 3.8) is 0 Å². The quantitative estimate of drug-likeness (QED) is 0.169. The normalized spacial score (nSPS) is 11.4. The van der Waals surface area contributed by atoms with Gasteiger partial charge in [-0.2, -0.15) is 0 Å². The van der Waals surface area contributed by atoms with Gasteiger partial charge < -0.3 is 0 Å². The topological polar surface area (TPSA) is 82.1 Å². The molecule has 0 radical (unpaired) electrons. The molecule has 0 N–H and O–H groups in total. The van der Waals surface area contributed by atoms with Gasteiger partial charge >= 0.3 is 0 Å². The Hall–Kier alpha value is -6.21. The molecule has 0 saturated carbocycles. The summed E-state index contributed by atoms with van der Waals surface area (Å²) in [5.41, 5.74) is 4.15. The number of benzene rings is 5. The molecular formula is C37H23N5O2. The Bertz CT molecular complexity index is 2430. The van der Waals surface area contributed by atoms with Crippen LogP contribution in [0.5, 0.6) is 0 Å². The first kappa shape index (κ1) is 25.5. The molecule has 0 fully saturated rings. The summed E-state index contributed by atoms with van der Waals surface area (Å²) in [7, 11) is 0. The van der Waals surface area contributed by atoms with Crippen LogP contribution in [-0.2, 0) is 0 Å². The van der Waals surface area contributed by atoms with Crippen LogP contribution in [0.4, 0.5) is 0 Å². The van der Waals surface area contributed by atoms with Gasteiger partial charge in [0.25, 0.3) is 11.1 Å². The molecule has 0 atom stereocenters. The molecule has 0 spiro atoms. The summed E-state index contributed by atoms with van der Waals surface area (Å²) < 4.78 is 3.17. The molecule has 0 aliphatic heterocycles. The second-order valence-corrected chi connectivity index (χ2v) is 10.5. The lowest BCUT2D eigenvalue weighted by Crippen LogP contribution is -2.27. The maximum absolute atomic E-state index is 14.2. The molecule has 0 unspecified atom stereocenters. The van der Waals surface area contributed by atoms with E-state index in [2.05, 4.69) is 0 Å². The summed E-state index contributed by atoms with van der Waals surface area (Å²) in [6, 6.07) is 43.8. The highest BCUT2D eigenvalue weighted by molar-refractivity contribution is 5.89. The average molecular weight is 570 g/mol. The van der Waals surface area contributed by atoms with E-state index in [0.717, 1.165) is 22.1 Å². The molecule has 0 saturated heterocycles. The molecule has 7 heteroatoms. The molecule has 208 valence electrons. The van der Waals surface area contributed by atoms with Crippen molar-refractivity contribution in [3.05, 3.63) is 160 Å². The van der Waals surface area contributed by atoms with E-state index >= 15 is 0 Å². The zero-order valence-corrected chi connectivity index (χ0v) is 23.3. The first-order valence-corrected chi connectivity index (χ1v) is 14.2. The molecule has 7 nitrogen and oxygen atoms in total. The third kappa shape index (κ3) is 4.18. The van der Waals surface area contributed by atoms with Gasteiger partial charge in [-0.15, -0.1) is 0 Å². The average Bonchev–Trinajstić information content (AvgIpc) is 3.09. The SMILES string of the molecule is O=c1c2cc3ccccc3c(=O)n2c2ccccc2n1-c1cccc(-c2nc(-c3ccccc3)nc(-c3ccccc3)n2)c1. The number of nitrogens with zero attached hydrogens (tertiary/aromatic N) is 5. The van der Waals surface area contributed by atoms with Gasteiger partial charge in [0.05, 0.1) is 16.7 Å². The van der Waals surface area contributed by atoms with E-state index in [1.807, 2.05) is 127 Å². The lowest BCUT2D eigenvalue weighted by Gasteiger charge is -2.15. The van der Waals surface area contributed by atoms with E-state index < -0.39 is 0 Å². The molecule has 0 aliphatic carbocycles. The van der Waals surface area contributed by atoms with Gasteiger partial charge in [0, 0.05) is 22.1 Å². The molecule has 0 amide bonds. The van der Waals surface area contributed by atoms with Crippen molar-refractivity contribution in [3.8, 4) is 39.9 Å². The van der Waals surface area contributed by atoms with Crippen LogP contribution in [0.3, 0.4) is 0 Å². The number of para-hydroxylation sites is 2. The summed E-state index contributed by atoms with van der Waals surface area (Å²) in [6.07, 6.45) is 0. The van der Waals surface area contributed by atoms with Crippen LogP contribution in [0, 0.1) is 0 Å². The Balaban J connectivity index is 1.38. The molecule has 0 bridgehead atoms. The fourth-order valence-corrected chi connectivity index (χ4v) is 5.70. The Labute approximate surface area is 251 Å². The predicted molar refractivity (Wildman–Crippen MR) is 174 cm³/mol. The van der Waals surface area contributed by atoms with Gasteiger partial charge in [-0.05, 0) is 41.8 Å². The summed E-state index contributed by atoms with van der Waals surface area (Å²) in [5, 5.41) is 1.28.